The van der Waals surface area contributed by atoms with E-state index < -0.39 is 11.7 Å². The largest absolute Gasteiger partial charge is 0.460 e. The lowest BCUT2D eigenvalue weighted by Gasteiger charge is -2.20. The van der Waals surface area contributed by atoms with Crippen molar-refractivity contribution in [2.45, 2.75) is 64.9 Å². The van der Waals surface area contributed by atoms with E-state index in [1.165, 1.54) is 22.3 Å². The number of nitrogens with one attached hydrogen (secondary N) is 1. The van der Waals surface area contributed by atoms with Crippen LogP contribution in [0.2, 0.25) is 0 Å². The average molecular weight is 486 g/mol. The first kappa shape index (κ1) is 25.5. The minimum atomic E-state index is -0.527. The summed E-state index contributed by atoms with van der Waals surface area (Å²) in [5, 5.41) is 2.94. The van der Waals surface area contributed by atoms with Crippen molar-refractivity contribution in [1.82, 2.24) is 0 Å². The number of rotatable bonds is 7. The molecule has 5 heteroatoms. The third kappa shape index (κ3) is 5.96. The van der Waals surface area contributed by atoms with Gasteiger partial charge < -0.3 is 9.47 Å². The van der Waals surface area contributed by atoms with Crippen LogP contribution in [-0.2, 0) is 20.7 Å². The molecule has 3 aromatic rings. The Kier molecular flexibility index (Phi) is 7.48. The van der Waals surface area contributed by atoms with Crippen LogP contribution in [-0.4, -0.2) is 24.3 Å². The number of aryl methyl sites for hydroxylation is 1. The van der Waals surface area contributed by atoms with Crippen LogP contribution in [0.4, 0.5) is 10.5 Å². The van der Waals surface area contributed by atoms with E-state index >= 15 is 0 Å². The van der Waals surface area contributed by atoms with E-state index in [4.69, 9.17) is 9.47 Å². The number of carbonyl (C=O) groups is 2. The highest BCUT2D eigenvalue weighted by atomic mass is 16.6. The second-order valence-corrected chi connectivity index (χ2v) is 10.6. The highest BCUT2D eigenvalue weighted by Gasteiger charge is 2.29. The first-order valence-corrected chi connectivity index (χ1v) is 12.6. The minimum Gasteiger partial charge on any atom is -0.460 e. The summed E-state index contributed by atoms with van der Waals surface area (Å²) in [5.74, 6) is 0.0345. The number of benzene rings is 3. The molecule has 1 amide bonds. The Hall–Kier alpha value is -3.60. The number of hydrogen-bond acceptors (Lipinski definition) is 4. The van der Waals surface area contributed by atoms with Gasteiger partial charge in [-0.2, -0.15) is 0 Å². The topological polar surface area (TPSA) is 64.6 Å². The fraction of sp³-hybridized carbons (Fsp3) is 0.355. The normalized spacial score (nSPS) is 12.7. The van der Waals surface area contributed by atoms with E-state index in [-0.39, 0.29) is 24.9 Å². The summed E-state index contributed by atoms with van der Waals surface area (Å²) in [6.07, 6.45) is 0.195. The van der Waals surface area contributed by atoms with Gasteiger partial charge in [0.05, 0.1) is 0 Å². The van der Waals surface area contributed by atoms with E-state index in [0.717, 1.165) is 11.1 Å². The lowest BCUT2D eigenvalue weighted by atomic mass is 9.98. The molecule has 0 atom stereocenters. The average Bonchev–Trinajstić information content (AvgIpc) is 3.14. The third-order valence-electron chi connectivity index (χ3n) is 6.40. The molecular weight excluding hydrogens is 450 g/mol. The Balaban J connectivity index is 1.46. The summed E-state index contributed by atoms with van der Waals surface area (Å²) in [6.45, 7) is 10.0. The molecule has 0 aromatic heterocycles. The molecular formula is C31H35NO4. The molecule has 0 saturated carbocycles. The smallest absolute Gasteiger partial charge is 0.411 e. The molecule has 0 spiro atoms. The lowest BCUT2D eigenvalue weighted by Crippen LogP contribution is -2.24. The number of amides is 1. The van der Waals surface area contributed by atoms with Crippen molar-refractivity contribution in [3.8, 4) is 11.1 Å². The van der Waals surface area contributed by atoms with Gasteiger partial charge in [-0.15, -0.1) is 0 Å². The molecule has 5 nitrogen and oxygen atoms in total. The van der Waals surface area contributed by atoms with Gasteiger partial charge in [0.2, 0.25) is 0 Å². The summed E-state index contributed by atoms with van der Waals surface area (Å²) in [5.41, 5.74) is 6.84. The molecule has 0 bridgehead atoms. The molecule has 36 heavy (non-hydrogen) atoms. The van der Waals surface area contributed by atoms with Gasteiger partial charge in [-0.25, -0.2) is 4.79 Å². The molecule has 1 aliphatic rings. The van der Waals surface area contributed by atoms with Crippen molar-refractivity contribution < 1.29 is 19.1 Å². The standard InChI is InChI=1S/C31H35NO4/c1-20(2)22-15-14-21(16-17-29(33)36-31(3,4)5)28(18-22)32-30(34)35-19-27-25-12-8-6-10-23(25)24-11-7-9-13-26(24)27/h6-15,18,20,27H,16-17,19H2,1-5H3,(H,32,34). The van der Waals surface area contributed by atoms with Crippen molar-refractivity contribution in [3.05, 3.63) is 89.0 Å². The fourth-order valence-corrected chi connectivity index (χ4v) is 4.66. The van der Waals surface area contributed by atoms with Gasteiger partial charge in [0.25, 0.3) is 0 Å². The molecule has 3 aromatic carbocycles. The molecule has 0 unspecified atom stereocenters. The molecule has 0 radical (unpaired) electrons. The molecule has 0 fully saturated rings. The Labute approximate surface area is 213 Å². The van der Waals surface area contributed by atoms with Crippen molar-refractivity contribution in [1.29, 1.82) is 0 Å². The first-order chi connectivity index (χ1) is 17.1. The zero-order valence-electron chi connectivity index (χ0n) is 21.8. The van der Waals surface area contributed by atoms with Gasteiger partial charge in [-0.3, -0.25) is 10.1 Å². The Morgan fingerprint density at radius 3 is 2.11 bits per heavy atom. The van der Waals surface area contributed by atoms with Crippen LogP contribution < -0.4 is 5.32 Å². The van der Waals surface area contributed by atoms with Crippen LogP contribution in [0.25, 0.3) is 11.1 Å². The molecule has 4 rings (SSSR count). The van der Waals surface area contributed by atoms with Crippen molar-refractivity contribution in [2.24, 2.45) is 0 Å². The van der Waals surface area contributed by atoms with E-state index in [1.807, 2.05) is 63.2 Å². The summed E-state index contributed by atoms with van der Waals surface area (Å²) >= 11 is 0. The summed E-state index contributed by atoms with van der Waals surface area (Å²) in [4.78, 5) is 25.2. The number of ether oxygens (including phenoxy) is 2. The maximum atomic E-state index is 12.9. The molecule has 188 valence electrons. The molecule has 0 saturated heterocycles. The van der Waals surface area contributed by atoms with Crippen molar-refractivity contribution >= 4 is 17.7 Å². The van der Waals surface area contributed by atoms with Gasteiger partial charge in [0.1, 0.15) is 12.2 Å². The van der Waals surface area contributed by atoms with E-state index in [2.05, 4.69) is 43.4 Å². The summed E-state index contributed by atoms with van der Waals surface area (Å²) in [6, 6.07) is 22.5. The zero-order valence-corrected chi connectivity index (χ0v) is 21.8. The summed E-state index contributed by atoms with van der Waals surface area (Å²) in [7, 11) is 0. The Morgan fingerprint density at radius 2 is 1.53 bits per heavy atom. The van der Waals surface area contributed by atoms with Crippen molar-refractivity contribution in [3.63, 3.8) is 0 Å². The maximum Gasteiger partial charge on any atom is 0.411 e. The molecule has 1 N–H and O–H groups in total. The number of fused-ring (bicyclic) bond motifs is 3. The molecule has 0 aliphatic heterocycles. The zero-order chi connectivity index (χ0) is 25.9. The lowest BCUT2D eigenvalue weighted by molar-refractivity contribution is -0.154. The summed E-state index contributed by atoms with van der Waals surface area (Å²) < 4.78 is 11.2. The second kappa shape index (κ2) is 10.6. The quantitative estimate of drug-likeness (QED) is 0.353. The van der Waals surface area contributed by atoms with Gasteiger partial charge in [0, 0.05) is 18.0 Å². The molecule has 1 aliphatic carbocycles. The molecule has 0 heterocycles. The van der Waals surface area contributed by atoms with Crippen molar-refractivity contribution in [2.75, 3.05) is 11.9 Å². The SMILES string of the molecule is CC(C)c1ccc(CCC(=O)OC(C)(C)C)c(NC(=O)OCC2c3ccccc3-c3ccccc32)c1. The highest BCUT2D eigenvalue weighted by molar-refractivity contribution is 5.86. The van der Waals surface area contributed by atoms with Crippen LogP contribution in [0.5, 0.6) is 0 Å². The van der Waals surface area contributed by atoms with Crippen LogP contribution >= 0.6 is 0 Å². The Morgan fingerprint density at radius 1 is 0.917 bits per heavy atom. The minimum absolute atomic E-state index is 0.00297. The van der Waals surface area contributed by atoms with Crippen LogP contribution in [0, 0.1) is 0 Å². The fourth-order valence-electron chi connectivity index (χ4n) is 4.66. The maximum absolute atomic E-state index is 12.9. The Bertz CT molecular complexity index is 1210. The van der Waals surface area contributed by atoms with E-state index in [1.54, 1.807) is 0 Å². The van der Waals surface area contributed by atoms with Gasteiger partial charge in [0.15, 0.2) is 0 Å². The predicted octanol–water partition coefficient (Wildman–Crippen LogP) is 7.45. The van der Waals surface area contributed by atoms with Gasteiger partial charge >= 0.3 is 12.1 Å². The predicted molar refractivity (Wildman–Crippen MR) is 143 cm³/mol. The van der Waals surface area contributed by atoms with Crippen LogP contribution in [0.3, 0.4) is 0 Å². The number of hydrogen-bond donors (Lipinski definition) is 1. The van der Waals surface area contributed by atoms with Crippen LogP contribution in [0.15, 0.2) is 66.7 Å². The van der Waals surface area contributed by atoms with Gasteiger partial charge in [-0.05, 0) is 72.6 Å². The highest BCUT2D eigenvalue weighted by Crippen LogP contribution is 2.44. The van der Waals surface area contributed by atoms with Crippen LogP contribution in [0.1, 0.15) is 75.1 Å². The third-order valence-corrected chi connectivity index (χ3v) is 6.40. The first-order valence-electron chi connectivity index (χ1n) is 12.6. The second-order valence-electron chi connectivity index (χ2n) is 10.6. The van der Waals surface area contributed by atoms with Gasteiger partial charge in [-0.1, -0.05) is 74.5 Å². The van der Waals surface area contributed by atoms with E-state index in [0.29, 0.717) is 18.0 Å². The monoisotopic (exact) mass is 485 g/mol. The van der Waals surface area contributed by atoms with E-state index in [9.17, 15) is 9.59 Å². The number of anilines is 1. The number of esters is 1. The number of carbonyl (C=O) groups excluding carboxylic acids is 2.